The Morgan fingerprint density at radius 1 is 0.435 bits per heavy atom. The molecule has 0 spiro atoms. The highest BCUT2D eigenvalue weighted by atomic mass is 16.7. The van der Waals surface area contributed by atoms with Gasteiger partial charge in [0, 0.05) is 6.42 Å². The van der Waals surface area contributed by atoms with Crippen LogP contribution in [0.25, 0.3) is 0 Å². The predicted octanol–water partition coefficient (Wildman–Crippen LogP) is 13.4. The van der Waals surface area contributed by atoms with Crippen LogP contribution in [-0.2, 0) is 23.7 Å². The van der Waals surface area contributed by atoms with E-state index < -0.39 is 86.8 Å². The highest BCUT2D eigenvalue weighted by Gasteiger charge is 2.51. The first-order chi connectivity index (χ1) is 41.6. The fraction of sp³-hybridized carbons (Fsp3) is 0.761. The van der Waals surface area contributed by atoms with Gasteiger partial charge in [-0.15, -0.1) is 0 Å². The number of hydrogen-bond donors (Lipinski definition) is 9. The van der Waals surface area contributed by atoms with E-state index in [9.17, 15) is 45.6 Å². The van der Waals surface area contributed by atoms with Gasteiger partial charge in [-0.3, -0.25) is 4.79 Å². The van der Waals surface area contributed by atoms with Crippen molar-refractivity contribution < 1.29 is 64.6 Å². The second-order valence-corrected chi connectivity index (χ2v) is 23.6. The Kier molecular flexibility index (Phi) is 50.5. The Labute approximate surface area is 515 Å². The van der Waals surface area contributed by atoms with Crippen molar-refractivity contribution >= 4 is 5.91 Å². The molecule has 2 rings (SSSR count). The van der Waals surface area contributed by atoms with Gasteiger partial charge in [-0.1, -0.05) is 272 Å². The molecule has 0 aliphatic carbocycles. The maximum atomic E-state index is 13.2. The molecular weight excluding hydrogens is 1070 g/mol. The quantitative estimate of drug-likeness (QED) is 0.0204. The number of aliphatic hydroxyl groups is 8. The molecular formula is C71H123NO13. The lowest BCUT2D eigenvalue weighted by Crippen LogP contribution is -2.65. The van der Waals surface area contributed by atoms with E-state index in [2.05, 4.69) is 92.1 Å². The van der Waals surface area contributed by atoms with E-state index in [4.69, 9.17) is 18.9 Å². The predicted molar refractivity (Wildman–Crippen MR) is 346 cm³/mol. The van der Waals surface area contributed by atoms with E-state index in [1.165, 1.54) is 167 Å². The second-order valence-electron chi connectivity index (χ2n) is 23.6. The fourth-order valence-electron chi connectivity index (χ4n) is 10.6. The molecule has 2 fully saturated rings. The summed E-state index contributed by atoms with van der Waals surface area (Å²) in [6.45, 7) is 2.63. The van der Waals surface area contributed by atoms with E-state index in [1.54, 1.807) is 6.08 Å². The van der Waals surface area contributed by atoms with Gasteiger partial charge in [-0.05, 0) is 70.6 Å². The minimum Gasteiger partial charge on any atom is -0.394 e. The number of amides is 1. The van der Waals surface area contributed by atoms with Gasteiger partial charge >= 0.3 is 0 Å². The van der Waals surface area contributed by atoms with Crippen LogP contribution in [0.15, 0.2) is 97.2 Å². The minimum atomic E-state index is -1.80. The molecule has 0 aromatic rings. The standard InChI is InChI=1S/C71H123NO13/c1-3-5-7-9-11-13-15-17-19-21-23-24-25-26-27-28-29-30-31-32-33-34-35-37-38-40-42-44-46-48-50-52-54-60(75)59(72-63(76)55-53-51-49-47-45-43-41-39-36-22-20-18-16-14-12-10-8-6-4-2)58-82-70-68(81)66(79)69(62(57-74)84-70)85-71-67(80)65(78)64(77)61(56-73)83-71/h6,8,12,14,18,20,36,39,43-46,49,51-52,54,59-62,64-71,73-75,77-81H,3-5,7,9-11,13,15-17,19,21-35,37-38,40-42,47-48,50,53,55-58H2,1-2H3,(H,72,76)/b8-6-,14-12-,20-18-,39-36-,45-43-,46-44+,51-49-,54-52+. The van der Waals surface area contributed by atoms with Crippen molar-refractivity contribution in [2.45, 2.75) is 325 Å². The zero-order valence-corrected chi connectivity index (χ0v) is 53.1. The third-order valence-corrected chi connectivity index (χ3v) is 16.0. The number of carbonyl (C=O) groups excluding carboxylic acids is 1. The first-order valence-corrected chi connectivity index (χ1v) is 34.0. The van der Waals surface area contributed by atoms with Crippen molar-refractivity contribution in [2.75, 3.05) is 19.8 Å². The molecule has 9 N–H and O–H groups in total. The number of hydrogen-bond acceptors (Lipinski definition) is 13. The molecule has 85 heavy (non-hydrogen) atoms. The molecule has 2 aliphatic rings. The Hall–Kier alpha value is -3.09. The van der Waals surface area contributed by atoms with Gasteiger partial charge in [0.2, 0.25) is 5.91 Å². The minimum absolute atomic E-state index is 0.143. The van der Waals surface area contributed by atoms with Crippen molar-refractivity contribution in [1.82, 2.24) is 5.32 Å². The van der Waals surface area contributed by atoms with Gasteiger partial charge in [-0.25, -0.2) is 0 Å². The molecule has 2 heterocycles. The summed E-state index contributed by atoms with van der Waals surface area (Å²) < 4.78 is 22.8. The lowest BCUT2D eigenvalue weighted by atomic mass is 9.97. The molecule has 12 unspecified atom stereocenters. The monoisotopic (exact) mass is 1200 g/mol. The van der Waals surface area contributed by atoms with Crippen molar-refractivity contribution in [2.24, 2.45) is 0 Å². The number of carbonyl (C=O) groups is 1. The zero-order valence-electron chi connectivity index (χ0n) is 53.1. The Morgan fingerprint density at radius 2 is 0.824 bits per heavy atom. The van der Waals surface area contributed by atoms with Crippen LogP contribution in [-0.4, -0.2) is 140 Å². The van der Waals surface area contributed by atoms with Crippen LogP contribution in [0.1, 0.15) is 251 Å². The lowest BCUT2D eigenvalue weighted by Gasteiger charge is -2.46. The fourth-order valence-corrected chi connectivity index (χ4v) is 10.6. The summed E-state index contributed by atoms with van der Waals surface area (Å²) in [6.07, 6.45) is 60.7. The maximum Gasteiger partial charge on any atom is 0.220 e. The Bertz CT molecular complexity index is 1800. The molecule has 14 heteroatoms. The lowest BCUT2D eigenvalue weighted by molar-refractivity contribution is -0.359. The number of rotatable bonds is 54. The molecule has 2 aliphatic heterocycles. The highest BCUT2D eigenvalue weighted by Crippen LogP contribution is 2.30. The van der Waals surface area contributed by atoms with E-state index in [0.717, 1.165) is 51.4 Å². The average Bonchev–Trinajstić information content (AvgIpc) is 3.69. The average molecular weight is 1200 g/mol. The van der Waals surface area contributed by atoms with Gasteiger partial charge in [0.1, 0.15) is 48.8 Å². The van der Waals surface area contributed by atoms with Gasteiger partial charge in [0.25, 0.3) is 0 Å². The van der Waals surface area contributed by atoms with Crippen LogP contribution < -0.4 is 5.32 Å². The van der Waals surface area contributed by atoms with Crippen LogP contribution in [0, 0.1) is 0 Å². The number of allylic oxidation sites excluding steroid dienone is 15. The van der Waals surface area contributed by atoms with Gasteiger partial charge < -0.3 is 65.1 Å². The summed E-state index contributed by atoms with van der Waals surface area (Å²) in [5, 5.41) is 87.2. The largest absolute Gasteiger partial charge is 0.394 e. The number of ether oxygens (including phenoxy) is 4. The highest BCUT2D eigenvalue weighted by molar-refractivity contribution is 5.76. The normalized spacial score (nSPS) is 24.2. The number of aliphatic hydroxyl groups excluding tert-OH is 8. The summed E-state index contributed by atoms with van der Waals surface area (Å²) in [5.74, 6) is -0.332. The molecule has 0 saturated carbocycles. The smallest absolute Gasteiger partial charge is 0.220 e. The molecule has 0 aromatic heterocycles. The van der Waals surface area contributed by atoms with E-state index in [-0.39, 0.29) is 18.9 Å². The first kappa shape index (κ1) is 78.0. The summed E-state index contributed by atoms with van der Waals surface area (Å²) in [5.41, 5.74) is 0. The number of nitrogens with one attached hydrogen (secondary N) is 1. The molecule has 2 saturated heterocycles. The third kappa shape index (κ3) is 39.5. The van der Waals surface area contributed by atoms with Crippen molar-refractivity contribution in [1.29, 1.82) is 0 Å². The summed E-state index contributed by atoms with van der Waals surface area (Å²) in [6, 6.07) is -0.980. The van der Waals surface area contributed by atoms with Crippen LogP contribution in [0.3, 0.4) is 0 Å². The molecule has 0 bridgehead atoms. The van der Waals surface area contributed by atoms with E-state index in [1.807, 2.05) is 18.2 Å². The molecule has 0 radical (unpaired) electrons. The molecule has 490 valence electrons. The van der Waals surface area contributed by atoms with Crippen LogP contribution in [0.5, 0.6) is 0 Å². The third-order valence-electron chi connectivity index (χ3n) is 16.0. The Morgan fingerprint density at radius 3 is 1.28 bits per heavy atom. The van der Waals surface area contributed by atoms with Crippen LogP contribution in [0.2, 0.25) is 0 Å². The summed E-state index contributed by atoms with van der Waals surface area (Å²) in [4.78, 5) is 13.2. The first-order valence-electron chi connectivity index (χ1n) is 34.0. The SMILES string of the molecule is CC/C=C\C/C=C\C/C=C\C/C=C\C/C=C\C/C=C\CCC(=O)NC(COC1OC(CO)C(OC2OC(CO)C(O)C(O)C2O)C(O)C1O)C(O)/C=C/CC/C=C/CCCCCCCCCCCCCCCCCCCCCCCCCCCC. The molecule has 0 aromatic carbocycles. The van der Waals surface area contributed by atoms with Crippen molar-refractivity contribution in [3.63, 3.8) is 0 Å². The van der Waals surface area contributed by atoms with Crippen LogP contribution in [0.4, 0.5) is 0 Å². The zero-order chi connectivity index (χ0) is 61.6. The maximum absolute atomic E-state index is 13.2. The van der Waals surface area contributed by atoms with Crippen molar-refractivity contribution in [3.8, 4) is 0 Å². The van der Waals surface area contributed by atoms with Gasteiger partial charge in [0.15, 0.2) is 12.6 Å². The van der Waals surface area contributed by atoms with Gasteiger partial charge in [0.05, 0.1) is 32.0 Å². The van der Waals surface area contributed by atoms with Crippen molar-refractivity contribution in [3.05, 3.63) is 97.2 Å². The van der Waals surface area contributed by atoms with Crippen LogP contribution >= 0.6 is 0 Å². The molecule has 12 atom stereocenters. The summed E-state index contributed by atoms with van der Waals surface area (Å²) in [7, 11) is 0. The Balaban J connectivity index is 1.72. The summed E-state index contributed by atoms with van der Waals surface area (Å²) >= 11 is 0. The topological polar surface area (TPSA) is 228 Å². The van der Waals surface area contributed by atoms with E-state index in [0.29, 0.717) is 12.8 Å². The van der Waals surface area contributed by atoms with E-state index >= 15 is 0 Å². The number of unbranched alkanes of at least 4 members (excludes halogenated alkanes) is 27. The molecule has 1 amide bonds. The second kappa shape index (κ2) is 55.0. The molecule has 14 nitrogen and oxygen atoms in total. The van der Waals surface area contributed by atoms with Gasteiger partial charge in [-0.2, -0.15) is 0 Å².